The summed E-state index contributed by atoms with van der Waals surface area (Å²) in [5.74, 6) is 7.50. The lowest BCUT2D eigenvalue weighted by Gasteiger charge is -2.38. The molecule has 0 aromatic heterocycles. The van der Waals surface area contributed by atoms with Crippen LogP contribution in [0.3, 0.4) is 0 Å². The van der Waals surface area contributed by atoms with Gasteiger partial charge in [-0.1, -0.05) is 241 Å². The summed E-state index contributed by atoms with van der Waals surface area (Å²) in [6.07, 6.45) is 0. The van der Waals surface area contributed by atoms with E-state index in [-0.39, 0.29) is 0 Å². The molecule has 0 radical (unpaired) electrons. The second kappa shape index (κ2) is 20.7. The molecule has 0 atom stereocenters. The third kappa shape index (κ3) is 9.38. The van der Waals surface area contributed by atoms with E-state index in [9.17, 15) is 0 Å². The van der Waals surface area contributed by atoms with Gasteiger partial charge in [0.25, 0.3) is 0 Å². The number of hydrogen-bond donors (Lipinski definition) is 0. The van der Waals surface area contributed by atoms with Gasteiger partial charge < -0.3 is 0 Å². The summed E-state index contributed by atoms with van der Waals surface area (Å²) < 4.78 is 0. The average molecular weight is 895 g/mol. The Hall–Kier alpha value is -5.91. The lowest BCUT2D eigenvalue weighted by molar-refractivity contribution is 0.838. The van der Waals surface area contributed by atoms with E-state index in [0.29, 0.717) is 33.2 Å². The van der Waals surface area contributed by atoms with Crippen LogP contribution in [0, 0.1) is 22.9 Å². The van der Waals surface area contributed by atoms with E-state index < -0.39 is 16.1 Å². The number of hydrogen-bond acceptors (Lipinski definition) is 0. The molecule has 0 aliphatic rings. The van der Waals surface area contributed by atoms with Crippen LogP contribution in [0.2, 0.25) is 33.2 Å². The molecule has 334 valence electrons. The number of benzene rings is 7. The fourth-order valence-corrected chi connectivity index (χ4v) is 22.0. The van der Waals surface area contributed by atoms with Crippen LogP contribution in [0.1, 0.15) is 94.2 Å². The summed E-state index contributed by atoms with van der Waals surface area (Å²) in [7, 11) is -3.84. The summed E-state index contributed by atoms with van der Waals surface area (Å²) in [5, 5.41) is 0. The molecule has 0 heterocycles. The maximum Gasteiger partial charge on any atom is 0.146 e. The zero-order valence-corrected chi connectivity index (χ0v) is 43.6. The first-order chi connectivity index (χ1) is 31.7. The molecule has 66 heavy (non-hydrogen) atoms. The third-order valence-corrected chi connectivity index (χ3v) is 27.3. The van der Waals surface area contributed by atoms with Crippen LogP contribution in [-0.4, -0.2) is 16.1 Å². The van der Waals surface area contributed by atoms with E-state index in [0.717, 1.165) is 22.3 Å². The Morgan fingerprint density at radius 1 is 0.242 bits per heavy atom. The Kier molecular flexibility index (Phi) is 15.1. The molecule has 0 amide bonds. The van der Waals surface area contributed by atoms with Crippen molar-refractivity contribution in [3.63, 3.8) is 0 Å². The van der Waals surface area contributed by atoms with Crippen molar-refractivity contribution in [2.75, 3.05) is 0 Å². The average Bonchev–Trinajstić information content (AvgIpc) is 3.32. The van der Waals surface area contributed by atoms with E-state index in [2.05, 4.69) is 276 Å². The largest absolute Gasteiger partial charge is 0.146 e. The summed E-state index contributed by atoms with van der Waals surface area (Å²) in [6, 6.07) is 62.6. The summed E-state index contributed by atoms with van der Waals surface area (Å²) in [5.41, 5.74) is 27.8. The van der Waals surface area contributed by atoms with Gasteiger partial charge in [0.05, 0.1) is 0 Å². The van der Waals surface area contributed by atoms with Crippen molar-refractivity contribution in [3.8, 4) is 89.7 Å². The van der Waals surface area contributed by atoms with Gasteiger partial charge in [0.1, 0.15) is 16.1 Å². The van der Waals surface area contributed by atoms with Crippen molar-refractivity contribution in [1.82, 2.24) is 0 Å². The fraction of sp³-hybridized carbons (Fsp3) is 0.281. The van der Waals surface area contributed by atoms with E-state index in [1.807, 2.05) is 0 Å². The van der Waals surface area contributed by atoms with Gasteiger partial charge in [-0.05, 0) is 124 Å². The molecule has 0 fully saturated rings. The quantitative estimate of drug-likeness (QED) is 0.0847. The first kappa shape index (κ1) is 48.0. The van der Waals surface area contributed by atoms with Gasteiger partial charge in [0.15, 0.2) is 0 Å². The second-order valence-corrected chi connectivity index (χ2v) is 31.3. The molecule has 0 unspecified atom stereocenters. The van der Waals surface area contributed by atoms with Crippen molar-refractivity contribution in [3.05, 3.63) is 181 Å². The molecule has 0 saturated carbocycles. The van der Waals surface area contributed by atoms with Crippen LogP contribution >= 0.6 is 0 Å². The minimum Gasteiger partial charge on any atom is -0.125 e. The molecule has 0 nitrogen and oxygen atoms in total. The first-order valence-electron chi connectivity index (χ1n) is 24.4. The van der Waals surface area contributed by atoms with Gasteiger partial charge in [-0.2, -0.15) is 0 Å². The third-order valence-electron chi connectivity index (χ3n) is 14.7. The Balaban J connectivity index is 1.61. The lowest BCUT2D eigenvalue weighted by atomic mass is 9.74. The van der Waals surface area contributed by atoms with Crippen LogP contribution in [0.25, 0.3) is 66.8 Å². The van der Waals surface area contributed by atoms with Gasteiger partial charge in [-0.3, -0.25) is 0 Å². The highest BCUT2D eigenvalue weighted by Crippen LogP contribution is 2.56. The van der Waals surface area contributed by atoms with Gasteiger partial charge in [-0.25, -0.2) is 0 Å². The lowest BCUT2D eigenvalue weighted by Crippen LogP contribution is -2.43. The van der Waals surface area contributed by atoms with Crippen molar-refractivity contribution >= 4 is 16.1 Å². The first-order valence-corrected chi connectivity index (χ1v) is 28.9. The molecule has 7 rings (SSSR count). The molecule has 0 aliphatic heterocycles. The maximum absolute atomic E-state index is 3.98. The second-order valence-electron chi connectivity index (χ2n) is 20.2. The van der Waals surface area contributed by atoms with E-state index in [1.54, 1.807) is 0 Å². The van der Waals surface area contributed by atoms with Crippen molar-refractivity contribution < 1.29 is 0 Å². The van der Waals surface area contributed by atoms with Gasteiger partial charge >= 0.3 is 0 Å². The highest BCUT2D eigenvalue weighted by Gasteiger charge is 2.43. The monoisotopic (exact) mass is 895 g/mol. The Labute approximate surface area is 401 Å². The predicted molar refractivity (Wildman–Crippen MR) is 295 cm³/mol. The molecule has 0 aliphatic carbocycles. The Morgan fingerprint density at radius 2 is 0.424 bits per heavy atom. The molecule has 0 bridgehead atoms. The normalized spacial score (nSPS) is 11.9. The topological polar surface area (TPSA) is 0 Å². The molecule has 2 heteroatoms. The van der Waals surface area contributed by atoms with Crippen molar-refractivity contribution in [2.45, 2.75) is 116 Å². The summed E-state index contributed by atoms with van der Waals surface area (Å²) >= 11 is 0. The van der Waals surface area contributed by atoms with Crippen LogP contribution in [0.4, 0.5) is 0 Å². The maximum atomic E-state index is 3.98. The minimum atomic E-state index is -1.92. The molecule has 7 aromatic rings. The number of rotatable bonds is 12. The van der Waals surface area contributed by atoms with Gasteiger partial charge in [0, 0.05) is 11.1 Å². The smallest absolute Gasteiger partial charge is 0.125 e. The predicted octanol–water partition coefficient (Wildman–Crippen LogP) is 18.8. The highest BCUT2D eigenvalue weighted by atomic mass is 28.3. The zero-order chi connectivity index (χ0) is 47.2. The SMILES string of the molecule is CC(C)[Si](C#Cc1ccc(-c2c(-c3ccccc3)c(-c3ccccc3)c(-c3ccc(C#C[Si](C(C)C)(C(C)C)C(C)C)cc3)c(-c3ccccc3)c2-c2ccccc2)cc1)(C(C)C)C(C)C. The minimum absolute atomic E-state index is 0.572. The molecule has 0 N–H and O–H groups in total. The zero-order valence-electron chi connectivity index (χ0n) is 41.6. The molecule has 0 spiro atoms. The van der Waals surface area contributed by atoms with Crippen LogP contribution in [0.5, 0.6) is 0 Å². The Bertz CT molecular complexity index is 2480. The van der Waals surface area contributed by atoms with Crippen LogP contribution in [0.15, 0.2) is 170 Å². The molecule has 0 saturated heterocycles. The van der Waals surface area contributed by atoms with Crippen LogP contribution < -0.4 is 0 Å². The van der Waals surface area contributed by atoms with E-state index in [1.165, 1.54) is 55.6 Å². The highest BCUT2D eigenvalue weighted by molar-refractivity contribution is 6.91. The summed E-state index contributed by atoms with van der Waals surface area (Å²) in [6.45, 7) is 28.7. The molecular weight excluding hydrogens is 825 g/mol. The molecule has 7 aromatic carbocycles. The van der Waals surface area contributed by atoms with E-state index in [4.69, 9.17) is 0 Å². The van der Waals surface area contributed by atoms with Gasteiger partial charge in [-0.15, -0.1) is 11.1 Å². The Morgan fingerprint density at radius 3 is 0.606 bits per heavy atom. The fourth-order valence-electron chi connectivity index (χ4n) is 11.6. The summed E-state index contributed by atoms with van der Waals surface area (Å²) in [4.78, 5) is 0. The standard InChI is InChI=1S/C64H70Si2/c1-45(2)65(46(3)4,47(5)6)43-41-51-33-37-57(38-34-51)63-59(53-25-17-13-18-26-53)61(55-29-21-15-22-30-55)64(62(56-31-23-16-24-32-56)60(63)54-27-19-14-20-28-54)58-39-35-52(36-40-58)42-44-66(48(7)8,49(9)10)50(11)12/h13-40,45-50H,1-12H3. The van der Waals surface area contributed by atoms with Crippen LogP contribution in [-0.2, 0) is 0 Å². The van der Waals surface area contributed by atoms with E-state index >= 15 is 0 Å². The molecular formula is C64H70Si2. The van der Waals surface area contributed by atoms with Crippen molar-refractivity contribution in [2.24, 2.45) is 0 Å². The van der Waals surface area contributed by atoms with Gasteiger partial charge in [0.2, 0.25) is 0 Å². The van der Waals surface area contributed by atoms with Crippen molar-refractivity contribution in [1.29, 1.82) is 0 Å².